The van der Waals surface area contributed by atoms with Crippen molar-refractivity contribution in [2.24, 2.45) is 15.9 Å². The number of hydrogen-bond donors (Lipinski definition) is 1. The smallest absolute Gasteiger partial charge is 0.260 e. The molecule has 2 aromatic carbocycles. The fourth-order valence-corrected chi connectivity index (χ4v) is 4.23. The molecule has 1 amide bonds. The molecule has 0 fully saturated rings. The Balaban J connectivity index is 1.48. The number of thioether (sulfide) groups is 1. The summed E-state index contributed by atoms with van der Waals surface area (Å²) in [6.07, 6.45) is 7.34. The minimum atomic E-state index is -0.389. The van der Waals surface area contributed by atoms with Crippen molar-refractivity contribution in [1.82, 2.24) is 14.8 Å². The second kappa shape index (κ2) is 8.16. The van der Waals surface area contributed by atoms with Gasteiger partial charge in [-0.25, -0.2) is 4.99 Å². The second-order valence-corrected chi connectivity index (χ2v) is 7.85. The van der Waals surface area contributed by atoms with Gasteiger partial charge in [-0.2, -0.15) is 4.99 Å². The maximum atomic E-state index is 12.3. The summed E-state index contributed by atoms with van der Waals surface area (Å²) < 4.78 is 1.88. The molecule has 0 spiro atoms. The van der Waals surface area contributed by atoms with Gasteiger partial charge in [0.25, 0.3) is 5.91 Å². The van der Waals surface area contributed by atoms with Gasteiger partial charge in [-0.05, 0) is 30.3 Å². The molecule has 0 saturated carbocycles. The van der Waals surface area contributed by atoms with E-state index in [2.05, 4.69) is 20.2 Å². The number of fused-ring (bicyclic) bond motifs is 1. The highest BCUT2D eigenvalue weighted by Gasteiger charge is 2.26. The van der Waals surface area contributed by atoms with Crippen molar-refractivity contribution in [2.45, 2.75) is 5.16 Å². The largest absolute Gasteiger partial charge is 0.507 e. The zero-order valence-corrected chi connectivity index (χ0v) is 17.1. The first-order chi connectivity index (χ1) is 15.2. The number of carbonyl (C=O) groups is 1. The molecular weight excluding hydrogens is 410 g/mol. The van der Waals surface area contributed by atoms with Crippen molar-refractivity contribution in [3.05, 3.63) is 78.9 Å². The van der Waals surface area contributed by atoms with Crippen LogP contribution in [0, 0.1) is 5.92 Å². The van der Waals surface area contributed by atoms with E-state index in [-0.39, 0.29) is 17.6 Å². The van der Waals surface area contributed by atoms with Crippen molar-refractivity contribution in [2.75, 3.05) is 5.75 Å². The maximum Gasteiger partial charge on any atom is 0.260 e. The number of hydrogen-bond acceptors (Lipinski definition) is 6. The van der Waals surface area contributed by atoms with Gasteiger partial charge >= 0.3 is 0 Å². The molecule has 1 aliphatic heterocycles. The number of para-hydroxylation sites is 2. The Hall–Kier alpha value is -3.78. The third-order valence-electron chi connectivity index (χ3n) is 4.89. The molecule has 7 nitrogen and oxygen atoms in total. The molecule has 2 aliphatic rings. The normalized spacial score (nSPS) is 17.3. The topological polar surface area (TPSA) is 92.7 Å². The Bertz CT molecular complexity index is 1270. The van der Waals surface area contributed by atoms with Crippen LogP contribution in [-0.4, -0.2) is 43.1 Å². The van der Waals surface area contributed by atoms with Gasteiger partial charge in [-0.15, -0.1) is 10.2 Å². The predicted molar refractivity (Wildman–Crippen MR) is 121 cm³/mol. The third kappa shape index (κ3) is 3.73. The lowest BCUT2D eigenvalue weighted by Crippen LogP contribution is -2.27. The van der Waals surface area contributed by atoms with Crippen molar-refractivity contribution in [3.63, 3.8) is 0 Å². The van der Waals surface area contributed by atoms with E-state index < -0.39 is 0 Å². The average Bonchev–Trinajstić information content (AvgIpc) is 3.22. The van der Waals surface area contributed by atoms with Crippen LogP contribution in [0.4, 0.5) is 0 Å². The molecule has 1 unspecified atom stereocenters. The fourth-order valence-electron chi connectivity index (χ4n) is 3.42. The molecule has 31 heavy (non-hydrogen) atoms. The lowest BCUT2D eigenvalue weighted by atomic mass is 9.97. The van der Waals surface area contributed by atoms with Crippen molar-refractivity contribution >= 4 is 29.2 Å². The highest BCUT2D eigenvalue weighted by molar-refractivity contribution is 7.99. The molecule has 0 radical (unpaired) electrons. The Morgan fingerprint density at radius 1 is 0.968 bits per heavy atom. The summed E-state index contributed by atoms with van der Waals surface area (Å²) in [7, 11) is 0. The SMILES string of the molecule is O=C1N=C(CSc2nnc(-c3ccccc3O)n2-c2ccccc2)N=C2C=CC=CC12. The standard InChI is InChI=1S/C23H17N5O2S/c29-19-13-7-5-11-17(19)21-26-27-23(28(21)15-8-2-1-3-9-15)31-14-20-24-18-12-6-4-10-16(18)22(30)25-20/h1-13,16,29H,14H2. The highest BCUT2D eigenvalue weighted by atomic mass is 32.2. The minimum Gasteiger partial charge on any atom is -0.507 e. The Labute approximate surface area is 182 Å². The highest BCUT2D eigenvalue weighted by Crippen LogP contribution is 2.32. The van der Waals surface area contributed by atoms with Crippen LogP contribution in [0.2, 0.25) is 0 Å². The zero-order valence-electron chi connectivity index (χ0n) is 16.3. The summed E-state index contributed by atoms with van der Waals surface area (Å²) in [5, 5.41) is 19.6. The quantitative estimate of drug-likeness (QED) is 0.624. The van der Waals surface area contributed by atoms with E-state index in [1.54, 1.807) is 24.3 Å². The van der Waals surface area contributed by atoms with Gasteiger partial charge in [0.2, 0.25) is 0 Å². The summed E-state index contributed by atoms with van der Waals surface area (Å²) in [5.41, 5.74) is 2.15. The number of rotatable bonds is 5. The molecule has 3 aromatic rings. The molecule has 1 atom stereocenters. The lowest BCUT2D eigenvalue weighted by Gasteiger charge is -2.17. The molecule has 5 rings (SSSR count). The van der Waals surface area contributed by atoms with Crippen molar-refractivity contribution in [3.8, 4) is 22.8 Å². The summed E-state index contributed by atoms with van der Waals surface area (Å²) in [5.74, 6) is 0.874. The molecular formula is C23H17N5O2S. The van der Waals surface area contributed by atoms with E-state index in [9.17, 15) is 9.90 Å². The maximum absolute atomic E-state index is 12.3. The van der Waals surface area contributed by atoms with Gasteiger partial charge in [0.15, 0.2) is 11.0 Å². The number of phenolic OH excluding ortho intramolecular Hbond substituents is 1. The molecule has 1 aromatic heterocycles. The zero-order chi connectivity index (χ0) is 21.2. The number of phenols is 1. The molecule has 0 saturated heterocycles. The van der Waals surface area contributed by atoms with Crippen molar-refractivity contribution in [1.29, 1.82) is 0 Å². The Kier molecular flexibility index (Phi) is 5.05. The van der Waals surface area contributed by atoms with Crippen LogP contribution in [-0.2, 0) is 4.79 Å². The van der Waals surface area contributed by atoms with Crippen LogP contribution in [0.5, 0.6) is 5.75 Å². The fraction of sp³-hybridized carbons (Fsp3) is 0.0870. The van der Waals surface area contributed by atoms with Crippen LogP contribution in [0.1, 0.15) is 0 Å². The van der Waals surface area contributed by atoms with E-state index in [1.807, 2.05) is 59.2 Å². The van der Waals surface area contributed by atoms with Gasteiger partial charge in [-0.3, -0.25) is 9.36 Å². The number of aromatic nitrogens is 3. The number of allylic oxidation sites excluding steroid dienone is 3. The molecule has 8 heteroatoms. The summed E-state index contributed by atoms with van der Waals surface area (Å²) >= 11 is 1.39. The van der Waals surface area contributed by atoms with Crippen molar-refractivity contribution < 1.29 is 9.90 Å². The van der Waals surface area contributed by atoms with Gasteiger partial charge < -0.3 is 5.11 Å². The first-order valence-corrected chi connectivity index (χ1v) is 10.7. The minimum absolute atomic E-state index is 0.125. The number of amides is 1. The second-order valence-electron chi connectivity index (χ2n) is 6.91. The predicted octanol–water partition coefficient (Wildman–Crippen LogP) is 3.85. The first kappa shape index (κ1) is 19.2. The van der Waals surface area contributed by atoms with E-state index in [1.165, 1.54) is 11.8 Å². The van der Waals surface area contributed by atoms with Crippen LogP contribution in [0.3, 0.4) is 0 Å². The van der Waals surface area contributed by atoms with E-state index in [0.29, 0.717) is 33.8 Å². The lowest BCUT2D eigenvalue weighted by molar-refractivity contribution is -0.118. The third-order valence-corrected chi connectivity index (χ3v) is 5.81. The van der Waals surface area contributed by atoms with Crippen LogP contribution in [0.25, 0.3) is 17.1 Å². The van der Waals surface area contributed by atoms with E-state index >= 15 is 0 Å². The molecule has 1 N–H and O–H groups in total. The van der Waals surface area contributed by atoms with Crippen LogP contribution in [0.15, 0.2) is 94.0 Å². The van der Waals surface area contributed by atoms with Gasteiger partial charge in [0.05, 0.1) is 17.0 Å². The summed E-state index contributed by atoms with van der Waals surface area (Å²) in [4.78, 5) is 21.0. The monoisotopic (exact) mass is 427 g/mol. The number of benzene rings is 2. The molecule has 2 heterocycles. The van der Waals surface area contributed by atoms with Gasteiger partial charge in [0.1, 0.15) is 17.5 Å². The number of amidine groups is 1. The number of aliphatic imine (C=N–C) groups is 2. The molecule has 152 valence electrons. The number of carbonyl (C=O) groups excluding carboxylic acids is 1. The van der Waals surface area contributed by atoms with Gasteiger partial charge in [0, 0.05) is 5.69 Å². The summed E-state index contributed by atoms with van der Waals surface area (Å²) in [6.45, 7) is 0. The van der Waals surface area contributed by atoms with Crippen LogP contribution < -0.4 is 0 Å². The van der Waals surface area contributed by atoms with E-state index in [0.717, 1.165) is 5.69 Å². The number of nitrogens with zero attached hydrogens (tertiary/aromatic N) is 5. The van der Waals surface area contributed by atoms with E-state index in [4.69, 9.17) is 0 Å². The first-order valence-electron chi connectivity index (χ1n) is 9.67. The van der Waals surface area contributed by atoms with Crippen LogP contribution >= 0.6 is 11.8 Å². The Morgan fingerprint density at radius 2 is 1.77 bits per heavy atom. The average molecular weight is 427 g/mol. The molecule has 0 bridgehead atoms. The molecule has 1 aliphatic carbocycles. The Morgan fingerprint density at radius 3 is 2.61 bits per heavy atom. The van der Waals surface area contributed by atoms with Gasteiger partial charge in [-0.1, -0.05) is 60.3 Å². The number of aromatic hydroxyl groups is 1. The summed E-state index contributed by atoms with van der Waals surface area (Å²) in [6, 6.07) is 16.7.